The molecule has 1 rings (SSSR count). The van der Waals surface area contributed by atoms with Crippen LogP contribution in [0.5, 0.6) is 0 Å². The summed E-state index contributed by atoms with van der Waals surface area (Å²) in [6, 6.07) is -0.848. The summed E-state index contributed by atoms with van der Waals surface area (Å²) in [6.45, 7) is 4.00. The van der Waals surface area contributed by atoms with Crippen LogP contribution in [-0.4, -0.2) is 17.2 Å². The monoisotopic (exact) mass is 174 g/mol. The van der Waals surface area contributed by atoms with Crippen molar-refractivity contribution in [3.63, 3.8) is 0 Å². The van der Waals surface area contributed by atoms with E-state index in [9.17, 15) is 14.5 Å². The third kappa shape index (κ3) is 3.23. The zero-order chi connectivity index (χ0) is 9.56. The van der Waals surface area contributed by atoms with E-state index >= 15 is 0 Å². The molecule has 12 heavy (non-hydrogen) atoms. The Labute approximate surface area is 70.0 Å². The van der Waals surface area contributed by atoms with Crippen LogP contribution in [-0.2, 0) is 0 Å². The van der Waals surface area contributed by atoms with Crippen LogP contribution in [0, 0.1) is 10.1 Å². The van der Waals surface area contributed by atoms with Crippen LogP contribution in [0.1, 0.15) is 20.3 Å². The molecule has 1 unspecified atom stereocenters. The average Bonchev–Trinajstić information content (AvgIpc) is 2.09. The number of aliphatic imine (C=N–C) groups is 1. The van der Waals surface area contributed by atoms with Gasteiger partial charge in [0.2, 0.25) is 5.95 Å². The molecular formula is C7H11FN2O2. The van der Waals surface area contributed by atoms with Gasteiger partial charge in [0.25, 0.3) is 6.04 Å². The van der Waals surface area contributed by atoms with E-state index in [0.717, 1.165) is 12.3 Å². The van der Waals surface area contributed by atoms with Crippen molar-refractivity contribution in [2.75, 3.05) is 0 Å². The summed E-state index contributed by atoms with van der Waals surface area (Å²) in [5.41, 5.74) is 0. The molecule has 1 heterocycles. The summed E-state index contributed by atoms with van der Waals surface area (Å²) in [5.74, 6) is -0.641. The number of hydrogen-bond acceptors (Lipinski definition) is 3. The minimum atomic E-state index is -0.848. The molecule has 0 N–H and O–H groups in total. The first-order chi connectivity index (χ1) is 5.70. The van der Waals surface area contributed by atoms with E-state index in [-0.39, 0.29) is 6.42 Å². The van der Waals surface area contributed by atoms with Crippen molar-refractivity contribution < 1.29 is 9.31 Å². The fourth-order valence-corrected chi connectivity index (χ4v) is 0.629. The number of nitro groups is 1. The van der Waals surface area contributed by atoms with Gasteiger partial charge in [-0.2, -0.15) is 4.39 Å². The molecule has 5 heteroatoms. The minimum Gasteiger partial charge on any atom is -0.264 e. The normalized spacial score (nSPS) is 20.6. The fourth-order valence-electron chi connectivity index (χ4n) is 0.629. The molecule has 0 bridgehead atoms. The highest BCUT2D eigenvalue weighted by Crippen LogP contribution is 2.09. The van der Waals surface area contributed by atoms with E-state index in [0.29, 0.717) is 0 Å². The van der Waals surface area contributed by atoms with Crippen LogP contribution in [0.3, 0.4) is 0 Å². The Kier molecular flexibility index (Phi) is 4.83. The predicted molar refractivity (Wildman–Crippen MR) is 44.4 cm³/mol. The van der Waals surface area contributed by atoms with Crippen LogP contribution in [0.2, 0.25) is 0 Å². The first kappa shape index (κ1) is 10.7. The van der Waals surface area contributed by atoms with Gasteiger partial charge in [-0.3, -0.25) is 10.1 Å². The van der Waals surface area contributed by atoms with E-state index in [4.69, 9.17) is 0 Å². The number of nitrogens with zero attached hydrogens (tertiary/aromatic N) is 2. The van der Waals surface area contributed by atoms with E-state index in [1.54, 1.807) is 0 Å². The average molecular weight is 174 g/mol. The Balaban J connectivity index is 0.000000561. The highest BCUT2D eigenvalue weighted by Gasteiger charge is 2.18. The molecule has 68 valence electrons. The second kappa shape index (κ2) is 5.40. The number of rotatable bonds is 1. The summed E-state index contributed by atoms with van der Waals surface area (Å²) in [5, 5.41) is 10.0. The van der Waals surface area contributed by atoms with Gasteiger partial charge >= 0.3 is 0 Å². The van der Waals surface area contributed by atoms with Crippen molar-refractivity contribution >= 4 is 6.21 Å². The van der Waals surface area contributed by atoms with Crippen LogP contribution in [0.15, 0.2) is 17.0 Å². The van der Waals surface area contributed by atoms with Gasteiger partial charge in [0.1, 0.15) is 0 Å². The topological polar surface area (TPSA) is 55.5 Å². The molecule has 0 saturated heterocycles. The summed E-state index contributed by atoms with van der Waals surface area (Å²) >= 11 is 0. The van der Waals surface area contributed by atoms with Gasteiger partial charge in [-0.1, -0.05) is 13.8 Å². The summed E-state index contributed by atoms with van der Waals surface area (Å²) in [7, 11) is 0. The Morgan fingerprint density at radius 1 is 1.75 bits per heavy atom. The Morgan fingerprint density at radius 2 is 2.33 bits per heavy atom. The summed E-state index contributed by atoms with van der Waals surface area (Å²) in [4.78, 5) is 12.7. The van der Waals surface area contributed by atoms with E-state index in [2.05, 4.69) is 4.99 Å². The van der Waals surface area contributed by atoms with Crippen LogP contribution < -0.4 is 0 Å². The van der Waals surface area contributed by atoms with Crippen molar-refractivity contribution in [1.82, 2.24) is 0 Å². The molecule has 0 saturated carbocycles. The first-order valence-electron chi connectivity index (χ1n) is 3.73. The predicted octanol–water partition coefficient (Wildman–Crippen LogP) is 1.94. The smallest absolute Gasteiger partial charge is 0.251 e. The molecule has 0 aromatic rings. The lowest BCUT2D eigenvalue weighted by atomic mass is 10.2. The molecule has 0 fully saturated rings. The van der Waals surface area contributed by atoms with Crippen molar-refractivity contribution in [3.05, 3.63) is 22.1 Å². The van der Waals surface area contributed by atoms with Gasteiger partial charge < -0.3 is 0 Å². The SMILES string of the molecule is CC.O=[N+]([O-])C1C=NC(F)=CC1. The molecular weight excluding hydrogens is 163 g/mol. The lowest BCUT2D eigenvalue weighted by molar-refractivity contribution is -0.500. The van der Waals surface area contributed by atoms with E-state index in [1.807, 2.05) is 13.8 Å². The largest absolute Gasteiger partial charge is 0.264 e. The number of halogens is 1. The molecule has 1 aliphatic heterocycles. The number of hydrogen-bond donors (Lipinski definition) is 0. The third-order valence-electron chi connectivity index (χ3n) is 1.17. The molecule has 0 aromatic carbocycles. The molecule has 1 aliphatic rings. The second-order valence-corrected chi connectivity index (χ2v) is 1.89. The van der Waals surface area contributed by atoms with Crippen molar-refractivity contribution in [3.8, 4) is 0 Å². The standard InChI is InChI=1S/C5H5FN2O2.C2H6/c6-5-2-1-4(3-7-5)8(9)10;1-2/h2-4H,1H2;1-2H3. The lowest BCUT2D eigenvalue weighted by Gasteiger charge is -2.03. The fraction of sp³-hybridized carbons (Fsp3) is 0.571. The van der Waals surface area contributed by atoms with Gasteiger partial charge in [-0.05, 0) is 6.08 Å². The van der Waals surface area contributed by atoms with Gasteiger partial charge in [0.15, 0.2) is 0 Å². The van der Waals surface area contributed by atoms with E-state index < -0.39 is 16.9 Å². The molecule has 0 radical (unpaired) electrons. The quantitative estimate of drug-likeness (QED) is 0.346. The molecule has 4 nitrogen and oxygen atoms in total. The molecule has 1 atom stereocenters. The Bertz CT molecular complexity index is 213. The highest BCUT2D eigenvalue weighted by molar-refractivity contribution is 5.65. The van der Waals surface area contributed by atoms with Gasteiger partial charge in [-0.25, -0.2) is 4.99 Å². The maximum Gasteiger partial charge on any atom is 0.251 e. The molecule has 0 spiro atoms. The second-order valence-electron chi connectivity index (χ2n) is 1.89. The zero-order valence-corrected chi connectivity index (χ0v) is 7.03. The van der Waals surface area contributed by atoms with Crippen LogP contribution in [0.4, 0.5) is 4.39 Å². The van der Waals surface area contributed by atoms with Crippen LogP contribution in [0.25, 0.3) is 0 Å². The van der Waals surface area contributed by atoms with Gasteiger partial charge in [0, 0.05) is 11.3 Å². The van der Waals surface area contributed by atoms with Gasteiger partial charge in [-0.15, -0.1) is 0 Å². The maximum absolute atomic E-state index is 12.1. The maximum atomic E-state index is 12.1. The van der Waals surface area contributed by atoms with Gasteiger partial charge in [0.05, 0.1) is 6.21 Å². The minimum absolute atomic E-state index is 0.0995. The summed E-state index contributed by atoms with van der Waals surface area (Å²) in [6.07, 6.45) is 2.21. The summed E-state index contributed by atoms with van der Waals surface area (Å²) < 4.78 is 12.1. The molecule has 0 amide bonds. The lowest BCUT2D eigenvalue weighted by Crippen LogP contribution is -2.21. The molecule has 0 aliphatic carbocycles. The van der Waals surface area contributed by atoms with E-state index in [1.165, 1.54) is 0 Å². The van der Waals surface area contributed by atoms with Crippen LogP contribution >= 0.6 is 0 Å². The highest BCUT2D eigenvalue weighted by atomic mass is 19.1. The van der Waals surface area contributed by atoms with Crippen molar-refractivity contribution in [2.45, 2.75) is 26.3 Å². The molecule has 0 aromatic heterocycles. The first-order valence-corrected chi connectivity index (χ1v) is 3.73. The zero-order valence-electron chi connectivity index (χ0n) is 7.03. The Hall–Kier alpha value is -1.26. The third-order valence-corrected chi connectivity index (χ3v) is 1.17. The van der Waals surface area contributed by atoms with Crippen molar-refractivity contribution in [1.29, 1.82) is 0 Å². The van der Waals surface area contributed by atoms with Crippen molar-refractivity contribution in [2.24, 2.45) is 4.99 Å². The Morgan fingerprint density at radius 3 is 2.67 bits per heavy atom.